The van der Waals surface area contributed by atoms with E-state index >= 15 is 0 Å². The molecule has 1 saturated heterocycles. The van der Waals surface area contributed by atoms with E-state index in [0.29, 0.717) is 11.4 Å². The summed E-state index contributed by atoms with van der Waals surface area (Å²) >= 11 is 0. The molecule has 0 radical (unpaired) electrons. The van der Waals surface area contributed by atoms with Crippen LogP contribution in [0, 0.1) is 10.1 Å². The van der Waals surface area contributed by atoms with Crippen LogP contribution in [0.1, 0.15) is 5.56 Å². The maximum atomic E-state index is 12.0. The fraction of sp³-hybridized carbons (Fsp3) is 0.278. The summed E-state index contributed by atoms with van der Waals surface area (Å²) in [4.78, 5) is 24.5. The maximum absolute atomic E-state index is 12.0. The van der Waals surface area contributed by atoms with Gasteiger partial charge in [0.15, 0.2) is 0 Å². The molecule has 8 heteroatoms. The highest BCUT2D eigenvalue weighted by Crippen LogP contribution is 2.16. The van der Waals surface area contributed by atoms with Crippen LogP contribution < -0.4 is 10.6 Å². The molecule has 1 aliphatic heterocycles. The number of urea groups is 1. The first-order valence-corrected chi connectivity index (χ1v) is 8.32. The van der Waals surface area contributed by atoms with Crippen molar-refractivity contribution in [3.05, 3.63) is 64.2 Å². The van der Waals surface area contributed by atoms with E-state index in [2.05, 4.69) is 15.5 Å². The van der Waals surface area contributed by atoms with Crippen LogP contribution in [0.3, 0.4) is 0 Å². The van der Waals surface area contributed by atoms with Crippen molar-refractivity contribution in [3.8, 4) is 0 Å². The molecule has 1 heterocycles. The average molecular weight is 356 g/mol. The highest BCUT2D eigenvalue weighted by Gasteiger charge is 2.11. The molecule has 2 aromatic carbocycles. The van der Waals surface area contributed by atoms with Gasteiger partial charge >= 0.3 is 6.03 Å². The number of anilines is 2. The zero-order chi connectivity index (χ0) is 18.4. The predicted molar refractivity (Wildman–Crippen MR) is 98.3 cm³/mol. The third-order valence-electron chi connectivity index (χ3n) is 4.06. The molecule has 2 aromatic rings. The number of hydrogen-bond acceptors (Lipinski definition) is 5. The molecule has 1 fully saturated rings. The number of nitrogens with zero attached hydrogens (tertiary/aromatic N) is 2. The lowest BCUT2D eigenvalue weighted by atomic mass is 10.2. The van der Waals surface area contributed by atoms with Gasteiger partial charge in [-0.1, -0.05) is 12.1 Å². The highest BCUT2D eigenvalue weighted by molar-refractivity contribution is 5.99. The number of carbonyl (C=O) groups is 1. The molecule has 136 valence electrons. The van der Waals surface area contributed by atoms with Crippen molar-refractivity contribution in [2.24, 2.45) is 0 Å². The van der Waals surface area contributed by atoms with Crippen molar-refractivity contribution in [1.82, 2.24) is 4.90 Å². The van der Waals surface area contributed by atoms with Crippen molar-refractivity contribution < 1.29 is 14.5 Å². The molecular formula is C18H20N4O4. The molecule has 0 aliphatic carbocycles. The number of carbonyl (C=O) groups excluding carboxylic acids is 1. The smallest absolute Gasteiger partial charge is 0.323 e. The van der Waals surface area contributed by atoms with Crippen LogP contribution in [-0.4, -0.2) is 42.2 Å². The maximum Gasteiger partial charge on any atom is 0.323 e. The summed E-state index contributed by atoms with van der Waals surface area (Å²) in [7, 11) is 0. The van der Waals surface area contributed by atoms with Crippen LogP contribution in [-0.2, 0) is 11.3 Å². The lowest BCUT2D eigenvalue weighted by Crippen LogP contribution is -2.35. The molecule has 2 amide bonds. The van der Waals surface area contributed by atoms with E-state index < -0.39 is 11.0 Å². The summed E-state index contributed by atoms with van der Waals surface area (Å²) in [6.07, 6.45) is 0. The number of non-ortho nitro benzene ring substituents is 1. The molecule has 3 rings (SSSR count). The van der Waals surface area contributed by atoms with Crippen molar-refractivity contribution >= 4 is 23.1 Å². The molecule has 2 N–H and O–H groups in total. The number of rotatable bonds is 5. The average Bonchev–Trinajstić information content (AvgIpc) is 2.64. The zero-order valence-corrected chi connectivity index (χ0v) is 14.2. The molecule has 8 nitrogen and oxygen atoms in total. The standard InChI is InChI=1S/C18H20N4O4/c23-18(20-16-5-7-17(8-6-16)22(24)25)19-15-3-1-14(2-4-15)13-21-9-11-26-12-10-21/h1-8H,9-13H2,(H2,19,20,23). The highest BCUT2D eigenvalue weighted by atomic mass is 16.6. The molecule has 0 saturated carbocycles. The summed E-state index contributed by atoms with van der Waals surface area (Å²) in [5, 5.41) is 16.0. The Morgan fingerprint density at radius 3 is 2.08 bits per heavy atom. The third kappa shape index (κ3) is 5.01. The van der Waals surface area contributed by atoms with Gasteiger partial charge in [0.05, 0.1) is 18.1 Å². The molecule has 0 aromatic heterocycles. The van der Waals surface area contributed by atoms with E-state index in [-0.39, 0.29) is 5.69 Å². The van der Waals surface area contributed by atoms with Crippen molar-refractivity contribution in [3.63, 3.8) is 0 Å². The van der Waals surface area contributed by atoms with Gasteiger partial charge in [0, 0.05) is 43.1 Å². The fourth-order valence-electron chi connectivity index (χ4n) is 2.67. The monoisotopic (exact) mass is 356 g/mol. The van der Waals surface area contributed by atoms with E-state index in [1.807, 2.05) is 24.3 Å². The minimum absolute atomic E-state index is 0.0215. The number of amides is 2. The van der Waals surface area contributed by atoms with Crippen molar-refractivity contribution in [2.45, 2.75) is 6.54 Å². The Labute approximate surface area is 150 Å². The van der Waals surface area contributed by atoms with E-state index in [1.165, 1.54) is 29.8 Å². The molecule has 0 spiro atoms. The van der Waals surface area contributed by atoms with E-state index in [0.717, 1.165) is 32.8 Å². The second-order valence-electron chi connectivity index (χ2n) is 5.97. The molecule has 1 aliphatic rings. The Hall–Kier alpha value is -2.97. The summed E-state index contributed by atoms with van der Waals surface area (Å²) in [5.41, 5.74) is 2.31. The molecule has 0 atom stereocenters. The van der Waals surface area contributed by atoms with Crippen LogP contribution in [0.15, 0.2) is 48.5 Å². The van der Waals surface area contributed by atoms with Crippen LogP contribution in [0.5, 0.6) is 0 Å². The quantitative estimate of drug-likeness (QED) is 0.634. The number of ether oxygens (including phenoxy) is 1. The lowest BCUT2D eigenvalue weighted by molar-refractivity contribution is -0.384. The Kier molecular flexibility index (Phi) is 5.77. The first kappa shape index (κ1) is 17.8. The van der Waals surface area contributed by atoms with Crippen LogP contribution >= 0.6 is 0 Å². The largest absolute Gasteiger partial charge is 0.379 e. The summed E-state index contributed by atoms with van der Waals surface area (Å²) in [6, 6.07) is 12.9. The first-order valence-electron chi connectivity index (χ1n) is 8.32. The van der Waals surface area contributed by atoms with Gasteiger partial charge in [0.25, 0.3) is 5.69 Å². The topological polar surface area (TPSA) is 96.7 Å². The Morgan fingerprint density at radius 2 is 1.54 bits per heavy atom. The summed E-state index contributed by atoms with van der Waals surface area (Å²) < 4.78 is 5.34. The third-order valence-corrected chi connectivity index (χ3v) is 4.06. The SMILES string of the molecule is O=C(Nc1ccc(CN2CCOCC2)cc1)Nc1ccc([N+](=O)[O-])cc1. The zero-order valence-electron chi connectivity index (χ0n) is 14.2. The fourth-order valence-corrected chi connectivity index (χ4v) is 2.67. The minimum Gasteiger partial charge on any atom is -0.379 e. The van der Waals surface area contributed by atoms with Crippen molar-refractivity contribution in [2.75, 3.05) is 36.9 Å². The number of benzene rings is 2. The summed E-state index contributed by atoms with van der Waals surface area (Å²) in [5.74, 6) is 0. The first-order chi connectivity index (χ1) is 12.6. The lowest BCUT2D eigenvalue weighted by Gasteiger charge is -2.26. The van der Waals surface area contributed by atoms with Gasteiger partial charge in [-0.25, -0.2) is 4.79 Å². The summed E-state index contributed by atoms with van der Waals surface area (Å²) in [6.45, 7) is 4.25. The number of nitro benzene ring substituents is 1. The Morgan fingerprint density at radius 1 is 1.00 bits per heavy atom. The second kappa shape index (κ2) is 8.41. The van der Waals surface area contributed by atoms with Gasteiger partial charge in [0.2, 0.25) is 0 Å². The van der Waals surface area contributed by atoms with E-state index in [4.69, 9.17) is 4.74 Å². The van der Waals surface area contributed by atoms with Gasteiger partial charge in [-0.15, -0.1) is 0 Å². The van der Waals surface area contributed by atoms with Gasteiger partial charge in [-0.05, 0) is 29.8 Å². The van der Waals surface area contributed by atoms with Crippen LogP contribution in [0.25, 0.3) is 0 Å². The Balaban J connectivity index is 1.51. The predicted octanol–water partition coefficient (Wildman–Crippen LogP) is 3.07. The number of morpholine rings is 1. The van der Waals surface area contributed by atoms with Gasteiger partial charge in [-0.2, -0.15) is 0 Å². The molecule has 0 bridgehead atoms. The second-order valence-corrected chi connectivity index (χ2v) is 5.97. The van der Waals surface area contributed by atoms with E-state index in [1.54, 1.807) is 0 Å². The number of nitro groups is 1. The van der Waals surface area contributed by atoms with Crippen molar-refractivity contribution in [1.29, 1.82) is 0 Å². The molecule has 26 heavy (non-hydrogen) atoms. The van der Waals surface area contributed by atoms with E-state index in [9.17, 15) is 14.9 Å². The van der Waals surface area contributed by atoms with Gasteiger partial charge < -0.3 is 15.4 Å². The molecular weight excluding hydrogens is 336 g/mol. The minimum atomic E-state index is -0.484. The van der Waals surface area contributed by atoms with Gasteiger partial charge in [0.1, 0.15) is 0 Å². The van der Waals surface area contributed by atoms with Crippen LogP contribution in [0.2, 0.25) is 0 Å². The number of nitrogens with one attached hydrogen (secondary N) is 2. The number of hydrogen-bond donors (Lipinski definition) is 2. The van der Waals surface area contributed by atoms with Gasteiger partial charge in [-0.3, -0.25) is 15.0 Å². The Bertz CT molecular complexity index is 756. The molecule has 0 unspecified atom stereocenters. The van der Waals surface area contributed by atoms with Crippen LogP contribution in [0.4, 0.5) is 21.9 Å². The normalized spacial score (nSPS) is 14.6.